The summed E-state index contributed by atoms with van der Waals surface area (Å²) in [5.74, 6) is -1.39. The summed E-state index contributed by atoms with van der Waals surface area (Å²) < 4.78 is 38.9. The number of benzene rings is 2. The minimum atomic E-state index is -3.66. The van der Waals surface area contributed by atoms with E-state index in [9.17, 15) is 17.6 Å². The average molecular weight is 458 g/mol. The van der Waals surface area contributed by atoms with Crippen molar-refractivity contribution >= 4 is 58.4 Å². The molecule has 0 aliphatic heterocycles. The molecule has 2 aromatic carbocycles. The monoisotopic (exact) mass is 457 g/mol. The Hall–Kier alpha value is -2.04. The zero-order chi connectivity index (χ0) is 18.7. The maximum Gasteiger partial charge on any atom is 0.239 e. The molecule has 10 heteroatoms. The zero-order valence-electron chi connectivity index (χ0n) is 13.2. The fourth-order valence-electron chi connectivity index (χ4n) is 2.14. The van der Waals surface area contributed by atoms with Crippen LogP contribution in [0.3, 0.4) is 0 Å². The summed E-state index contributed by atoms with van der Waals surface area (Å²) in [6.45, 7) is 0. The van der Waals surface area contributed by atoms with Crippen LogP contribution in [0.2, 0.25) is 0 Å². The number of nitrogens with zero attached hydrogens (tertiary/aromatic N) is 1. The second kappa shape index (κ2) is 7.68. The van der Waals surface area contributed by atoms with E-state index in [-0.39, 0.29) is 17.1 Å². The maximum atomic E-state index is 12.9. The van der Waals surface area contributed by atoms with Gasteiger partial charge in [-0.3, -0.25) is 15.6 Å². The van der Waals surface area contributed by atoms with Gasteiger partial charge in [-0.05, 0) is 52.3 Å². The lowest BCUT2D eigenvalue weighted by atomic mass is 10.3. The molecule has 0 radical (unpaired) electrons. The van der Waals surface area contributed by atoms with Crippen LogP contribution in [0.4, 0.5) is 9.52 Å². The minimum Gasteiger partial charge on any atom is -0.273 e. The van der Waals surface area contributed by atoms with E-state index in [1.54, 1.807) is 0 Å². The lowest BCUT2D eigenvalue weighted by molar-refractivity contribution is -0.120. The van der Waals surface area contributed by atoms with Crippen LogP contribution in [0, 0.1) is 5.82 Å². The van der Waals surface area contributed by atoms with Crippen molar-refractivity contribution < 1.29 is 17.6 Å². The van der Waals surface area contributed by atoms with E-state index in [4.69, 9.17) is 0 Å². The fourth-order valence-corrected chi connectivity index (χ4v) is 4.81. The predicted molar refractivity (Wildman–Crippen MR) is 102 cm³/mol. The zero-order valence-corrected chi connectivity index (χ0v) is 16.4. The first-order valence-corrected chi connectivity index (χ1v) is 10.7. The number of hydrazine groups is 1. The highest BCUT2D eigenvalue weighted by atomic mass is 79.9. The summed E-state index contributed by atoms with van der Waals surface area (Å²) in [6, 6.07) is 10.1. The molecule has 0 atom stereocenters. The molecular weight excluding hydrogens is 445 g/mol. The lowest BCUT2D eigenvalue weighted by Crippen LogP contribution is -2.30. The van der Waals surface area contributed by atoms with Crippen molar-refractivity contribution in [2.45, 2.75) is 11.3 Å². The molecule has 2 N–H and O–H groups in total. The van der Waals surface area contributed by atoms with Gasteiger partial charge in [0, 0.05) is 10.9 Å². The van der Waals surface area contributed by atoms with Gasteiger partial charge in [0.2, 0.25) is 11.0 Å². The predicted octanol–water partition coefficient (Wildman–Crippen LogP) is 3.51. The van der Waals surface area contributed by atoms with Gasteiger partial charge in [0.25, 0.3) is 0 Å². The quantitative estimate of drug-likeness (QED) is 0.436. The van der Waals surface area contributed by atoms with Gasteiger partial charge in [-0.15, -0.1) is 0 Å². The Labute approximate surface area is 161 Å². The summed E-state index contributed by atoms with van der Waals surface area (Å²) in [5, 5.41) is 0.488. The number of fused-ring (bicyclic) bond motifs is 1. The number of carbonyl (C=O) groups is 1. The standard InChI is InChI=1S/C16H13BrFN3O3S2/c17-12-2-1-3-13-15(12)19-16(25-13)21-20-14(22)8-9-26(23,24)11-6-4-10(18)5-7-11/h1-7H,8-9H2,(H,19,21)(H,20,22). The van der Waals surface area contributed by atoms with Crippen molar-refractivity contribution in [3.05, 3.63) is 52.8 Å². The lowest BCUT2D eigenvalue weighted by Gasteiger charge is -2.06. The van der Waals surface area contributed by atoms with Crippen molar-refractivity contribution in [3.63, 3.8) is 0 Å². The highest BCUT2D eigenvalue weighted by molar-refractivity contribution is 9.10. The molecule has 3 aromatic rings. The Morgan fingerprint density at radius 1 is 1.19 bits per heavy atom. The highest BCUT2D eigenvalue weighted by Gasteiger charge is 2.17. The Balaban J connectivity index is 1.56. The minimum absolute atomic E-state index is 0.0179. The van der Waals surface area contributed by atoms with Gasteiger partial charge in [0.1, 0.15) is 5.82 Å². The van der Waals surface area contributed by atoms with Crippen LogP contribution in [0.15, 0.2) is 51.8 Å². The van der Waals surface area contributed by atoms with Gasteiger partial charge < -0.3 is 0 Å². The molecule has 0 bridgehead atoms. The van der Waals surface area contributed by atoms with Crippen LogP contribution in [0.1, 0.15) is 6.42 Å². The van der Waals surface area contributed by atoms with Crippen molar-refractivity contribution in [2.24, 2.45) is 0 Å². The largest absolute Gasteiger partial charge is 0.273 e. The van der Waals surface area contributed by atoms with Crippen molar-refractivity contribution in [1.29, 1.82) is 0 Å². The molecule has 0 aliphatic rings. The number of rotatable bonds is 6. The van der Waals surface area contributed by atoms with Crippen molar-refractivity contribution in [1.82, 2.24) is 10.4 Å². The SMILES string of the molecule is O=C(CCS(=O)(=O)c1ccc(F)cc1)NNc1nc2c(Br)cccc2s1. The van der Waals surface area contributed by atoms with Crippen LogP contribution in [-0.4, -0.2) is 25.1 Å². The number of hydrogen-bond donors (Lipinski definition) is 2. The van der Waals surface area contributed by atoms with Crippen LogP contribution in [0.5, 0.6) is 0 Å². The molecule has 6 nitrogen and oxygen atoms in total. The van der Waals surface area contributed by atoms with Gasteiger partial charge >= 0.3 is 0 Å². The van der Waals surface area contributed by atoms with E-state index in [1.807, 2.05) is 18.2 Å². The number of para-hydroxylation sites is 1. The van der Waals surface area contributed by atoms with Crippen LogP contribution >= 0.6 is 27.3 Å². The average Bonchev–Trinajstić information content (AvgIpc) is 3.03. The molecule has 0 saturated carbocycles. The van der Waals surface area contributed by atoms with E-state index in [2.05, 4.69) is 31.8 Å². The summed E-state index contributed by atoms with van der Waals surface area (Å²) in [6.07, 6.45) is -0.235. The Morgan fingerprint density at radius 2 is 1.92 bits per heavy atom. The van der Waals surface area contributed by atoms with Gasteiger partial charge in [0.15, 0.2) is 9.84 Å². The van der Waals surface area contributed by atoms with Gasteiger partial charge in [-0.2, -0.15) is 0 Å². The molecule has 136 valence electrons. The molecule has 1 heterocycles. The molecule has 1 aromatic heterocycles. The molecule has 0 aliphatic carbocycles. The first-order valence-electron chi connectivity index (χ1n) is 7.43. The first-order chi connectivity index (χ1) is 12.3. The third kappa shape index (κ3) is 4.37. The Morgan fingerprint density at radius 3 is 2.62 bits per heavy atom. The molecule has 1 amide bonds. The molecular formula is C16H13BrFN3O3S2. The number of aromatic nitrogens is 1. The van der Waals surface area contributed by atoms with Gasteiger partial charge in [-0.1, -0.05) is 17.4 Å². The second-order valence-electron chi connectivity index (χ2n) is 5.30. The van der Waals surface area contributed by atoms with Crippen LogP contribution in [0.25, 0.3) is 10.2 Å². The van der Waals surface area contributed by atoms with Crippen LogP contribution in [-0.2, 0) is 14.6 Å². The van der Waals surface area contributed by atoms with Crippen molar-refractivity contribution in [3.8, 4) is 0 Å². The number of carbonyl (C=O) groups excluding carboxylic acids is 1. The molecule has 26 heavy (non-hydrogen) atoms. The third-order valence-corrected chi connectivity index (χ3v) is 6.76. The molecule has 0 unspecified atom stereocenters. The number of nitrogens with one attached hydrogen (secondary N) is 2. The fraction of sp³-hybridized carbons (Fsp3) is 0.125. The third-order valence-electron chi connectivity index (χ3n) is 3.45. The summed E-state index contributed by atoms with van der Waals surface area (Å²) >= 11 is 4.76. The smallest absolute Gasteiger partial charge is 0.239 e. The topological polar surface area (TPSA) is 88.2 Å². The number of thiazole rings is 1. The van der Waals surface area contributed by atoms with E-state index in [1.165, 1.54) is 23.5 Å². The van der Waals surface area contributed by atoms with E-state index in [0.29, 0.717) is 5.13 Å². The molecule has 0 saturated heterocycles. The number of halogens is 2. The van der Waals surface area contributed by atoms with Gasteiger partial charge in [-0.25, -0.2) is 17.8 Å². The normalized spacial score (nSPS) is 11.5. The Bertz CT molecular complexity index is 1050. The first kappa shape index (κ1) is 18.7. The summed E-state index contributed by atoms with van der Waals surface area (Å²) in [7, 11) is -3.66. The summed E-state index contributed by atoms with van der Waals surface area (Å²) in [5.41, 5.74) is 5.89. The number of amides is 1. The van der Waals surface area contributed by atoms with Crippen molar-refractivity contribution in [2.75, 3.05) is 11.2 Å². The van der Waals surface area contributed by atoms with E-state index >= 15 is 0 Å². The second-order valence-corrected chi connectivity index (χ2v) is 9.30. The van der Waals surface area contributed by atoms with Crippen LogP contribution < -0.4 is 10.9 Å². The maximum absolute atomic E-state index is 12.9. The number of hydrogen-bond acceptors (Lipinski definition) is 6. The molecule has 0 fully saturated rings. The summed E-state index contributed by atoms with van der Waals surface area (Å²) in [4.78, 5) is 16.2. The molecule has 0 spiro atoms. The van der Waals surface area contributed by atoms with E-state index in [0.717, 1.165) is 26.8 Å². The number of anilines is 1. The molecule has 3 rings (SSSR count). The highest BCUT2D eigenvalue weighted by Crippen LogP contribution is 2.30. The van der Waals surface area contributed by atoms with E-state index < -0.39 is 21.6 Å². The Kier molecular flexibility index (Phi) is 5.54. The van der Waals surface area contributed by atoms with Gasteiger partial charge in [0.05, 0.1) is 20.9 Å². The number of sulfone groups is 1.